The minimum Gasteiger partial charge on any atom is -0.350 e. The van der Waals surface area contributed by atoms with Crippen LogP contribution >= 0.6 is 0 Å². The van der Waals surface area contributed by atoms with Gasteiger partial charge in [0.05, 0.1) is 6.54 Å². The summed E-state index contributed by atoms with van der Waals surface area (Å²) >= 11 is 0. The van der Waals surface area contributed by atoms with Crippen LogP contribution in [-0.2, 0) is 4.79 Å². The quantitative estimate of drug-likeness (QED) is 0.922. The SMILES string of the molecule is CC(C)(C)NC(=O)CN1CCN(C(=O)c2ccc3ccccc3c2)CC1. The van der Waals surface area contributed by atoms with Crippen LogP contribution in [0.1, 0.15) is 31.1 Å². The third-order valence-corrected chi connectivity index (χ3v) is 4.54. The summed E-state index contributed by atoms with van der Waals surface area (Å²) in [5, 5.41) is 5.20. The van der Waals surface area contributed by atoms with Crippen LogP contribution in [0.2, 0.25) is 0 Å². The maximum atomic E-state index is 12.8. The molecule has 138 valence electrons. The van der Waals surface area contributed by atoms with Gasteiger partial charge >= 0.3 is 0 Å². The molecule has 5 heteroatoms. The Hall–Kier alpha value is -2.40. The number of nitrogens with zero attached hydrogens (tertiary/aromatic N) is 2. The van der Waals surface area contributed by atoms with Crippen molar-refractivity contribution in [3.8, 4) is 0 Å². The Labute approximate surface area is 155 Å². The van der Waals surface area contributed by atoms with Gasteiger partial charge in [0.15, 0.2) is 0 Å². The Balaban J connectivity index is 1.57. The fraction of sp³-hybridized carbons (Fsp3) is 0.429. The molecular weight excluding hydrogens is 326 g/mol. The molecule has 1 saturated heterocycles. The molecule has 0 unspecified atom stereocenters. The van der Waals surface area contributed by atoms with Crippen LogP contribution < -0.4 is 5.32 Å². The highest BCUT2D eigenvalue weighted by atomic mass is 16.2. The largest absolute Gasteiger partial charge is 0.350 e. The van der Waals surface area contributed by atoms with Crippen molar-refractivity contribution in [3.05, 3.63) is 48.0 Å². The summed E-state index contributed by atoms with van der Waals surface area (Å²) in [7, 11) is 0. The molecule has 2 aromatic rings. The Bertz CT molecular complexity index is 802. The van der Waals surface area contributed by atoms with E-state index in [9.17, 15) is 9.59 Å². The van der Waals surface area contributed by atoms with Gasteiger partial charge in [0, 0.05) is 37.3 Å². The van der Waals surface area contributed by atoms with E-state index in [1.54, 1.807) is 0 Å². The molecular formula is C21H27N3O2. The summed E-state index contributed by atoms with van der Waals surface area (Å²) in [5.41, 5.74) is 0.507. The number of hydrogen-bond donors (Lipinski definition) is 1. The predicted octanol–water partition coefficient (Wildman–Crippen LogP) is 2.51. The van der Waals surface area contributed by atoms with E-state index in [4.69, 9.17) is 0 Å². The van der Waals surface area contributed by atoms with Crippen LogP contribution in [0.4, 0.5) is 0 Å². The lowest BCUT2D eigenvalue weighted by Gasteiger charge is -2.35. The van der Waals surface area contributed by atoms with Crippen LogP contribution in [0.3, 0.4) is 0 Å². The van der Waals surface area contributed by atoms with Crippen molar-refractivity contribution in [1.29, 1.82) is 0 Å². The molecule has 0 saturated carbocycles. The fourth-order valence-electron chi connectivity index (χ4n) is 3.27. The smallest absolute Gasteiger partial charge is 0.253 e. The summed E-state index contributed by atoms with van der Waals surface area (Å²) in [6.45, 7) is 9.05. The van der Waals surface area contributed by atoms with Crippen LogP contribution in [0.5, 0.6) is 0 Å². The lowest BCUT2D eigenvalue weighted by Crippen LogP contribution is -2.52. The van der Waals surface area contributed by atoms with E-state index in [0.29, 0.717) is 19.6 Å². The molecule has 1 heterocycles. The molecule has 0 spiro atoms. The van der Waals surface area contributed by atoms with Crippen LogP contribution in [0.25, 0.3) is 10.8 Å². The topological polar surface area (TPSA) is 52.7 Å². The number of carbonyl (C=O) groups excluding carboxylic acids is 2. The van der Waals surface area contributed by atoms with Gasteiger partial charge in [-0.1, -0.05) is 30.3 Å². The minimum atomic E-state index is -0.217. The second-order valence-electron chi connectivity index (χ2n) is 7.93. The Morgan fingerprint density at radius 2 is 1.62 bits per heavy atom. The van der Waals surface area contributed by atoms with Gasteiger partial charge in [-0.2, -0.15) is 0 Å². The number of nitrogens with one attached hydrogen (secondary N) is 1. The Kier molecular flexibility index (Phi) is 5.28. The Morgan fingerprint density at radius 3 is 2.27 bits per heavy atom. The van der Waals surface area contributed by atoms with Gasteiger partial charge in [0.1, 0.15) is 0 Å². The number of rotatable bonds is 3. The third kappa shape index (κ3) is 4.61. The van der Waals surface area contributed by atoms with Crippen molar-refractivity contribution < 1.29 is 9.59 Å². The number of piperazine rings is 1. The molecule has 0 radical (unpaired) electrons. The molecule has 5 nitrogen and oxygen atoms in total. The van der Waals surface area contributed by atoms with Gasteiger partial charge in [-0.15, -0.1) is 0 Å². The number of hydrogen-bond acceptors (Lipinski definition) is 3. The normalized spacial score (nSPS) is 15.9. The molecule has 2 amide bonds. The van der Waals surface area contributed by atoms with Crippen molar-refractivity contribution in [2.24, 2.45) is 0 Å². The first kappa shape index (κ1) is 18.4. The predicted molar refractivity (Wildman–Crippen MR) is 104 cm³/mol. The summed E-state index contributed by atoms with van der Waals surface area (Å²) in [6.07, 6.45) is 0. The lowest BCUT2D eigenvalue weighted by atomic mass is 10.1. The zero-order chi connectivity index (χ0) is 18.7. The van der Waals surface area contributed by atoms with Crippen molar-refractivity contribution in [1.82, 2.24) is 15.1 Å². The molecule has 26 heavy (non-hydrogen) atoms. The van der Waals surface area contributed by atoms with E-state index in [2.05, 4.69) is 10.2 Å². The lowest BCUT2D eigenvalue weighted by molar-refractivity contribution is -0.124. The molecule has 0 aromatic heterocycles. The van der Waals surface area contributed by atoms with E-state index >= 15 is 0 Å². The van der Waals surface area contributed by atoms with Gasteiger partial charge in [-0.25, -0.2) is 0 Å². The molecule has 0 atom stereocenters. The molecule has 0 bridgehead atoms. The number of fused-ring (bicyclic) bond motifs is 1. The fourth-order valence-corrected chi connectivity index (χ4v) is 3.27. The van der Waals surface area contributed by atoms with Crippen LogP contribution in [-0.4, -0.2) is 59.9 Å². The van der Waals surface area contributed by atoms with E-state index in [1.807, 2.05) is 68.1 Å². The highest BCUT2D eigenvalue weighted by molar-refractivity contribution is 5.98. The third-order valence-electron chi connectivity index (χ3n) is 4.54. The van der Waals surface area contributed by atoms with Crippen molar-refractivity contribution in [2.75, 3.05) is 32.7 Å². The minimum absolute atomic E-state index is 0.0341. The standard InChI is InChI=1S/C21H27N3O2/c1-21(2,3)22-19(25)15-23-10-12-24(13-11-23)20(26)18-9-8-16-6-4-5-7-17(16)14-18/h4-9,14H,10-13,15H2,1-3H3,(H,22,25). The summed E-state index contributed by atoms with van der Waals surface area (Å²) in [5.74, 6) is 0.0985. The van der Waals surface area contributed by atoms with Gasteiger partial charge in [-0.3, -0.25) is 14.5 Å². The molecule has 1 fully saturated rings. The number of carbonyl (C=O) groups is 2. The average molecular weight is 353 g/mol. The van der Waals surface area contributed by atoms with E-state index < -0.39 is 0 Å². The summed E-state index contributed by atoms with van der Waals surface area (Å²) in [4.78, 5) is 28.8. The maximum absolute atomic E-state index is 12.8. The second kappa shape index (κ2) is 7.46. The van der Waals surface area contributed by atoms with E-state index in [0.717, 1.165) is 29.4 Å². The average Bonchev–Trinajstić information content (AvgIpc) is 2.59. The van der Waals surface area contributed by atoms with Gasteiger partial charge in [0.25, 0.3) is 5.91 Å². The van der Waals surface area contributed by atoms with Crippen LogP contribution in [0.15, 0.2) is 42.5 Å². The highest BCUT2D eigenvalue weighted by Gasteiger charge is 2.24. The second-order valence-corrected chi connectivity index (χ2v) is 7.93. The molecule has 3 rings (SSSR count). The first-order valence-electron chi connectivity index (χ1n) is 9.13. The zero-order valence-electron chi connectivity index (χ0n) is 15.8. The molecule has 1 aliphatic rings. The molecule has 0 aliphatic carbocycles. The zero-order valence-corrected chi connectivity index (χ0v) is 15.8. The van der Waals surface area contributed by atoms with E-state index in [-0.39, 0.29) is 17.4 Å². The first-order valence-corrected chi connectivity index (χ1v) is 9.13. The molecule has 1 N–H and O–H groups in total. The Morgan fingerprint density at radius 1 is 0.962 bits per heavy atom. The van der Waals surface area contributed by atoms with E-state index in [1.165, 1.54) is 0 Å². The van der Waals surface area contributed by atoms with Crippen molar-refractivity contribution >= 4 is 22.6 Å². The number of benzene rings is 2. The summed E-state index contributed by atoms with van der Waals surface area (Å²) in [6, 6.07) is 13.9. The highest BCUT2D eigenvalue weighted by Crippen LogP contribution is 2.17. The van der Waals surface area contributed by atoms with Gasteiger partial charge < -0.3 is 10.2 Å². The molecule has 1 aliphatic heterocycles. The molecule has 2 aromatic carbocycles. The van der Waals surface area contributed by atoms with Crippen molar-refractivity contribution in [2.45, 2.75) is 26.3 Å². The van der Waals surface area contributed by atoms with Crippen molar-refractivity contribution in [3.63, 3.8) is 0 Å². The van der Waals surface area contributed by atoms with Gasteiger partial charge in [0.2, 0.25) is 5.91 Å². The van der Waals surface area contributed by atoms with Crippen LogP contribution in [0, 0.1) is 0 Å². The summed E-state index contributed by atoms with van der Waals surface area (Å²) < 4.78 is 0. The number of amides is 2. The monoisotopic (exact) mass is 353 g/mol. The first-order chi connectivity index (χ1) is 12.3. The maximum Gasteiger partial charge on any atom is 0.253 e. The van der Waals surface area contributed by atoms with Gasteiger partial charge in [-0.05, 0) is 43.7 Å².